The van der Waals surface area contributed by atoms with Crippen LogP contribution in [0.3, 0.4) is 0 Å². The molecule has 144 valence electrons. The molecule has 1 aromatic heterocycles. The number of rotatable bonds is 6. The van der Waals surface area contributed by atoms with Gasteiger partial charge in [-0.3, -0.25) is 10.1 Å². The summed E-state index contributed by atoms with van der Waals surface area (Å²) in [6.45, 7) is 3.43. The molecule has 3 rings (SSSR count). The molecule has 0 atom stereocenters. The number of nitrogens with zero attached hydrogens (tertiary/aromatic N) is 4. The number of anilines is 1. The SMILES string of the molecule is CCCC1CCN(c2ncnc(Oc3ccc(F)cc3F)c2[N+](=O)[O-])CC1. The molecule has 0 amide bonds. The van der Waals surface area contributed by atoms with Gasteiger partial charge in [-0.1, -0.05) is 19.8 Å². The average molecular weight is 378 g/mol. The van der Waals surface area contributed by atoms with Gasteiger partial charge in [0.1, 0.15) is 12.1 Å². The zero-order valence-electron chi connectivity index (χ0n) is 14.9. The van der Waals surface area contributed by atoms with Gasteiger partial charge in [0.05, 0.1) is 4.92 Å². The summed E-state index contributed by atoms with van der Waals surface area (Å²) in [5.74, 6) is -1.69. The standard InChI is InChI=1S/C18H20F2N4O3/c1-2-3-12-6-8-23(9-7-12)17-16(24(25)26)18(22-11-21-17)27-15-5-4-13(19)10-14(15)20/h4-5,10-12H,2-3,6-9H2,1H3. The summed E-state index contributed by atoms with van der Waals surface area (Å²) in [4.78, 5) is 20.7. The highest BCUT2D eigenvalue weighted by molar-refractivity contribution is 5.63. The maximum Gasteiger partial charge on any atom is 0.373 e. The van der Waals surface area contributed by atoms with E-state index in [-0.39, 0.29) is 17.4 Å². The van der Waals surface area contributed by atoms with E-state index < -0.39 is 22.2 Å². The summed E-state index contributed by atoms with van der Waals surface area (Å²) in [6, 6.07) is 2.71. The summed E-state index contributed by atoms with van der Waals surface area (Å²) >= 11 is 0. The van der Waals surface area contributed by atoms with Gasteiger partial charge in [-0.05, 0) is 30.9 Å². The van der Waals surface area contributed by atoms with Gasteiger partial charge < -0.3 is 9.64 Å². The molecular weight excluding hydrogens is 358 g/mol. The Labute approximate surface area is 155 Å². The first-order valence-electron chi connectivity index (χ1n) is 8.86. The second kappa shape index (κ2) is 8.24. The fraction of sp³-hybridized carbons (Fsp3) is 0.444. The minimum atomic E-state index is -0.968. The van der Waals surface area contributed by atoms with Crippen LogP contribution in [0.1, 0.15) is 32.6 Å². The molecule has 1 fully saturated rings. The van der Waals surface area contributed by atoms with E-state index in [1.165, 1.54) is 0 Å². The number of nitro groups is 1. The smallest absolute Gasteiger partial charge is 0.373 e. The zero-order chi connectivity index (χ0) is 19.4. The van der Waals surface area contributed by atoms with Crippen LogP contribution in [0.2, 0.25) is 0 Å². The molecule has 1 saturated heterocycles. The Bertz CT molecular complexity index is 826. The second-order valence-corrected chi connectivity index (χ2v) is 6.50. The number of piperidine rings is 1. The lowest BCUT2D eigenvalue weighted by molar-refractivity contribution is -0.385. The first-order chi connectivity index (χ1) is 13.0. The molecule has 0 saturated carbocycles. The quantitative estimate of drug-likeness (QED) is 0.545. The molecule has 0 unspecified atom stereocenters. The lowest BCUT2D eigenvalue weighted by Gasteiger charge is -2.32. The van der Waals surface area contributed by atoms with Crippen LogP contribution in [0.15, 0.2) is 24.5 Å². The average Bonchev–Trinajstić information content (AvgIpc) is 2.64. The largest absolute Gasteiger partial charge is 0.430 e. The van der Waals surface area contributed by atoms with E-state index in [9.17, 15) is 18.9 Å². The molecule has 0 bridgehead atoms. The maximum absolute atomic E-state index is 13.9. The predicted molar refractivity (Wildman–Crippen MR) is 95.0 cm³/mol. The van der Waals surface area contributed by atoms with Crippen molar-refractivity contribution in [2.75, 3.05) is 18.0 Å². The van der Waals surface area contributed by atoms with Gasteiger partial charge in [-0.2, -0.15) is 4.98 Å². The minimum Gasteiger partial charge on any atom is -0.430 e. The van der Waals surface area contributed by atoms with Crippen molar-refractivity contribution in [3.63, 3.8) is 0 Å². The fourth-order valence-corrected chi connectivity index (χ4v) is 3.32. The maximum atomic E-state index is 13.9. The van der Waals surface area contributed by atoms with Gasteiger partial charge in [0, 0.05) is 19.2 Å². The Morgan fingerprint density at radius 3 is 2.67 bits per heavy atom. The van der Waals surface area contributed by atoms with E-state index in [4.69, 9.17) is 4.74 Å². The molecule has 7 nitrogen and oxygen atoms in total. The molecule has 0 radical (unpaired) electrons. The molecule has 2 aromatic rings. The number of aromatic nitrogens is 2. The van der Waals surface area contributed by atoms with Crippen molar-refractivity contribution in [3.05, 3.63) is 46.3 Å². The normalized spacial score (nSPS) is 15.0. The number of hydrogen-bond acceptors (Lipinski definition) is 6. The van der Waals surface area contributed by atoms with Crippen LogP contribution in [-0.4, -0.2) is 28.0 Å². The van der Waals surface area contributed by atoms with E-state index in [2.05, 4.69) is 16.9 Å². The van der Waals surface area contributed by atoms with E-state index in [1.54, 1.807) is 0 Å². The van der Waals surface area contributed by atoms with E-state index in [0.717, 1.165) is 44.1 Å². The summed E-state index contributed by atoms with van der Waals surface area (Å²) in [5.41, 5.74) is -0.421. The predicted octanol–water partition coefficient (Wildman–Crippen LogP) is 4.47. The lowest BCUT2D eigenvalue weighted by Crippen LogP contribution is -2.34. The summed E-state index contributed by atoms with van der Waals surface area (Å²) in [7, 11) is 0. The van der Waals surface area contributed by atoms with Crippen LogP contribution in [0.4, 0.5) is 20.3 Å². The van der Waals surface area contributed by atoms with Crippen molar-refractivity contribution in [3.8, 4) is 11.6 Å². The van der Waals surface area contributed by atoms with Gasteiger partial charge in [-0.15, -0.1) is 0 Å². The third-order valence-electron chi connectivity index (χ3n) is 4.66. The number of benzene rings is 1. The van der Waals surface area contributed by atoms with Gasteiger partial charge in [0.15, 0.2) is 11.6 Å². The van der Waals surface area contributed by atoms with E-state index in [1.807, 2.05) is 4.90 Å². The highest BCUT2D eigenvalue weighted by Crippen LogP contribution is 2.38. The highest BCUT2D eigenvalue weighted by Gasteiger charge is 2.31. The molecule has 0 spiro atoms. The Morgan fingerprint density at radius 2 is 2.04 bits per heavy atom. The first kappa shape index (κ1) is 18.9. The molecule has 0 aliphatic carbocycles. The Hall–Kier alpha value is -2.84. The van der Waals surface area contributed by atoms with E-state index in [0.29, 0.717) is 25.1 Å². The third-order valence-corrected chi connectivity index (χ3v) is 4.66. The Kier molecular flexibility index (Phi) is 5.78. The molecule has 9 heteroatoms. The van der Waals surface area contributed by atoms with Crippen LogP contribution in [0.5, 0.6) is 11.6 Å². The third kappa shape index (κ3) is 4.29. The number of ether oxygens (including phenoxy) is 1. The van der Waals surface area contributed by atoms with Gasteiger partial charge in [0.2, 0.25) is 5.82 Å². The summed E-state index contributed by atoms with van der Waals surface area (Å²) in [6.07, 6.45) is 5.25. The molecule has 1 aromatic carbocycles. The van der Waals surface area contributed by atoms with Crippen molar-refractivity contribution >= 4 is 11.5 Å². The topological polar surface area (TPSA) is 81.4 Å². The van der Waals surface area contributed by atoms with Crippen LogP contribution in [0, 0.1) is 27.7 Å². The fourth-order valence-electron chi connectivity index (χ4n) is 3.32. The van der Waals surface area contributed by atoms with Crippen LogP contribution in [0.25, 0.3) is 0 Å². The molecule has 27 heavy (non-hydrogen) atoms. The lowest BCUT2D eigenvalue weighted by atomic mass is 9.92. The summed E-state index contributed by atoms with van der Waals surface area (Å²) in [5, 5.41) is 11.6. The van der Waals surface area contributed by atoms with Crippen molar-refractivity contribution in [1.29, 1.82) is 0 Å². The number of halogens is 2. The number of hydrogen-bond donors (Lipinski definition) is 0. The Balaban J connectivity index is 1.88. The molecule has 0 N–H and O–H groups in total. The first-order valence-corrected chi connectivity index (χ1v) is 8.86. The minimum absolute atomic E-state index is 0.155. The molecule has 1 aliphatic heterocycles. The molecular formula is C18H20F2N4O3. The van der Waals surface area contributed by atoms with Crippen molar-refractivity contribution in [2.45, 2.75) is 32.6 Å². The zero-order valence-corrected chi connectivity index (χ0v) is 14.9. The van der Waals surface area contributed by atoms with Gasteiger partial charge in [-0.25, -0.2) is 13.8 Å². The van der Waals surface area contributed by atoms with Gasteiger partial charge in [0.25, 0.3) is 0 Å². The summed E-state index contributed by atoms with van der Waals surface area (Å²) < 4.78 is 32.2. The van der Waals surface area contributed by atoms with Crippen molar-refractivity contribution < 1.29 is 18.4 Å². The highest BCUT2D eigenvalue weighted by atomic mass is 19.1. The molecule has 1 aliphatic rings. The van der Waals surface area contributed by atoms with Crippen LogP contribution in [-0.2, 0) is 0 Å². The van der Waals surface area contributed by atoms with E-state index >= 15 is 0 Å². The monoisotopic (exact) mass is 378 g/mol. The van der Waals surface area contributed by atoms with Crippen LogP contribution >= 0.6 is 0 Å². The van der Waals surface area contributed by atoms with Crippen molar-refractivity contribution in [2.24, 2.45) is 5.92 Å². The second-order valence-electron chi connectivity index (χ2n) is 6.50. The van der Waals surface area contributed by atoms with Crippen LogP contribution < -0.4 is 9.64 Å². The Morgan fingerprint density at radius 1 is 1.30 bits per heavy atom. The van der Waals surface area contributed by atoms with Gasteiger partial charge >= 0.3 is 11.6 Å². The molecule has 2 heterocycles. The van der Waals surface area contributed by atoms with Crippen molar-refractivity contribution in [1.82, 2.24) is 9.97 Å².